The molecule has 1 saturated carbocycles. The second-order valence-electron chi connectivity index (χ2n) is 6.37. The zero-order valence-corrected chi connectivity index (χ0v) is 13.1. The fourth-order valence-corrected chi connectivity index (χ4v) is 3.45. The number of rotatable bonds is 6. The normalized spacial score (nSPS) is 26.4. The number of aromatic nitrogens is 2. The van der Waals surface area contributed by atoms with E-state index >= 15 is 0 Å². The molecule has 2 N–H and O–H groups in total. The Bertz CT molecular complexity index is 394. The highest BCUT2D eigenvalue weighted by molar-refractivity contribution is 5.02. The molecule has 1 aromatic heterocycles. The molecule has 2 atom stereocenters. The molecular formula is C16H29N3O. The first-order valence-electron chi connectivity index (χ1n) is 8.24. The Labute approximate surface area is 122 Å². The summed E-state index contributed by atoms with van der Waals surface area (Å²) in [5.74, 6) is 3.23. The minimum absolute atomic E-state index is 0.0635. The fourth-order valence-electron chi connectivity index (χ4n) is 3.45. The lowest BCUT2D eigenvalue weighted by Gasteiger charge is -2.26. The largest absolute Gasteiger partial charge is 0.339 e. The van der Waals surface area contributed by atoms with E-state index in [-0.39, 0.29) is 12.0 Å². The van der Waals surface area contributed by atoms with Gasteiger partial charge in [0.25, 0.3) is 0 Å². The predicted molar refractivity (Wildman–Crippen MR) is 80.6 cm³/mol. The van der Waals surface area contributed by atoms with Gasteiger partial charge in [0.2, 0.25) is 5.89 Å². The SMILES string of the molecule is CCCC1CCC(c2noc(C(CC)C(C)N)n2)CC1. The number of nitrogens with zero attached hydrogens (tertiary/aromatic N) is 2. The van der Waals surface area contributed by atoms with E-state index < -0.39 is 0 Å². The van der Waals surface area contributed by atoms with Crippen molar-refractivity contribution >= 4 is 0 Å². The highest BCUT2D eigenvalue weighted by Crippen LogP contribution is 2.36. The van der Waals surface area contributed by atoms with Crippen LogP contribution in [0.15, 0.2) is 4.52 Å². The van der Waals surface area contributed by atoms with E-state index in [1.54, 1.807) is 0 Å². The van der Waals surface area contributed by atoms with Crippen molar-refractivity contribution in [2.75, 3.05) is 0 Å². The zero-order valence-electron chi connectivity index (χ0n) is 13.1. The van der Waals surface area contributed by atoms with Crippen LogP contribution in [0.25, 0.3) is 0 Å². The van der Waals surface area contributed by atoms with Crippen molar-refractivity contribution in [3.8, 4) is 0 Å². The lowest BCUT2D eigenvalue weighted by Crippen LogP contribution is -2.24. The van der Waals surface area contributed by atoms with Gasteiger partial charge < -0.3 is 10.3 Å². The summed E-state index contributed by atoms with van der Waals surface area (Å²) < 4.78 is 5.47. The molecule has 114 valence electrons. The maximum Gasteiger partial charge on any atom is 0.231 e. The molecule has 1 aromatic rings. The molecule has 20 heavy (non-hydrogen) atoms. The standard InChI is InChI=1S/C16H29N3O/c1-4-6-12-7-9-13(10-8-12)15-18-16(20-19-15)14(5-2)11(3)17/h11-14H,4-10,17H2,1-3H3. The first kappa shape index (κ1) is 15.5. The van der Waals surface area contributed by atoms with Crippen LogP contribution in [-0.2, 0) is 0 Å². The second-order valence-corrected chi connectivity index (χ2v) is 6.37. The minimum atomic E-state index is 0.0635. The average Bonchev–Trinajstić information content (AvgIpc) is 2.90. The van der Waals surface area contributed by atoms with Crippen LogP contribution in [0.5, 0.6) is 0 Å². The number of hydrogen-bond donors (Lipinski definition) is 1. The van der Waals surface area contributed by atoms with Gasteiger partial charge >= 0.3 is 0 Å². The Hall–Kier alpha value is -0.900. The van der Waals surface area contributed by atoms with Gasteiger partial charge in [-0.25, -0.2) is 0 Å². The third-order valence-corrected chi connectivity index (χ3v) is 4.76. The predicted octanol–water partition coefficient (Wildman–Crippen LogP) is 3.98. The molecule has 0 spiro atoms. The van der Waals surface area contributed by atoms with E-state index in [0.717, 1.165) is 24.1 Å². The van der Waals surface area contributed by atoms with E-state index in [2.05, 4.69) is 24.0 Å². The van der Waals surface area contributed by atoms with Gasteiger partial charge in [-0.15, -0.1) is 0 Å². The van der Waals surface area contributed by atoms with Crippen LogP contribution in [0.3, 0.4) is 0 Å². The van der Waals surface area contributed by atoms with Gasteiger partial charge in [-0.1, -0.05) is 31.8 Å². The van der Waals surface area contributed by atoms with Gasteiger partial charge in [-0.05, 0) is 44.9 Å². The molecule has 2 rings (SSSR count). The van der Waals surface area contributed by atoms with Gasteiger partial charge in [0, 0.05) is 12.0 Å². The monoisotopic (exact) mass is 279 g/mol. The van der Waals surface area contributed by atoms with Crippen molar-refractivity contribution in [3.63, 3.8) is 0 Å². The quantitative estimate of drug-likeness (QED) is 0.855. The van der Waals surface area contributed by atoms with E-state index in [0.29, 0.717) is 5.92 Å². The Morgan fingerprint density at radius 3 is 2.50 bits per heavy atom. The van der Waals surface area contributed by atoms with Crippen molar-refractivity contribution < 1.29 is 4.52 Å². The number of nitrogens with two attached hydrogens (primary N) is 1. The lowest BCUT2D eigenvalue weighted by atomic mass is 9.80. The molecule has 1 fully saturated rings. The summed E-state index contributed by atoms with van der Waals surface area (Å²) in [5.41, 5.74) is 5.99. The number of hydrogen-bond acceptors (Lipinski definition) is 4. The lowest BCUT2D eigenvalue weighted by molar-refractivity contribution is 0.292. The van der Waals surface area contributed by atoms with Crippen molar-refractivity contribution in [2.45, 2.75) is 83.6 Å². The smallest absolute Gasteiger partial charge is 0.231 e. The fraction of sp³-hybridized carbons (Fsp3) is 0.875. The molecule has 0 aliphatic heterocycles. The Morgan fingerprint density at radius 1 is 1.25 bits per heavy atom. The van der Waals surface area contributed by atoms with Crippen molar-refractivity contribution in [2.24, 2.45) is 11.7 Å². The summed E-state index contributed by atoms with van der Waals surface area (Å²) in [6.07, 6.45) is 8.65. The summed E-state index contributed by atoms with van der Waals surface area (Å²) in [7, 11) is 0. The van der Waals surface area contributed by atoms with Crippen molar-refractivity contribution in [3.05, 3.63) is 11.7 Å². The third-order valence-electron chi connectivity index (χ3n) is 4.76. The molecule has 4 nitrogen and oxygen atoms in total. The van der Waals surface area contributed by atoms with E-state index in [1.807, 2.05) is 6.92 Å². The highest BCUT2D eigenvalue weighted by atomic mass is 16.5. The van der Waals surface area contributed by atoms with Crippen LogP contribution in [0.4, 0.5) is 0 Å². The Kier molecular flexibility index (Phi) is 5.58. The van der Waals surface area contributed by atoms with Gasteiger partial charge in [0.05, 0.1) is 5.92 Å². The summed E-state index contributed by atoms with van der Waals surface area (Å²) in [6.45, 7) is 6.40. The maximum atomic E-state index is 5.99. The third kappa shape index (κ3) is 3.60. The summed E-state index contributed by atoms with van der Waals surface area (Å²) in [5, 5.41) is 4.22. The minimum Gasteiger partial charge on any atom is -0.339 e. The molecular weight excluding hydrogens is 250 g/mol. The summed E-state index contributed by atoms with van der Waals surface area (Å²) >= 11 is 0. The zero-order chi connectivity index (χ0) is 14.5. The molecule has 1 aliphatic rings. The first-order valence-corrected chi connectivity index (χ1v) is 8.24. The molecule has 0 amide bonds. The van der Waals surface area contributed by atoms with Crippen LogP contribution < -0.4 is 5.73 Å². The topological polar surface area (TPSA) is 64.9 Å². The van der Waals surface area contributed by atoms with Crippen molar-refractivity contribution in [1.29, 1.82) is 0 Å². The van der Waals surface area contributed by atoms with Crippen LogP contribution in [0.2, 0.25) is 0 Å². The molecule has 0 aromatic carbocycles. The summed E-state index contributed by atoms with van der Waals surface area (Å²) in [4.78, 5) is 4.64. The van der Waals surface area contributed by atoms with Gasteiger partial charge in [-0.2, -0.15) is 4.98 Å². The molecule has 0 saturated heterocycles. The average molecular weight is 279 g/mol. The Morgan fingerprint density at radius 2 is 1.95 bits per heavy atom. The molecule has 4 heteroatoms. The first-order chi connectivity index (χ1) is 9.65. The summed E-state index contributed by atoms with van der Waals surface area (Å²) in [6, 6.07) is 0.0635. The van der Waals surface area contributed by atoms with Crippen LogP contribution in [0, 0.1) is 5.92 Å². The molecule has 0 bridgehead atoms. The van der Waals surface area contributed by atoms with Gasteiger partial charge in [0.15, 0.2) is 5.82 Å². The molecule has 1 heterocycles. The van der Waals surface area contributed by atoms with Crippen LogP contribution in [0.1, 0.15) is 89.3 Å². The van der Waals surface area contributed by atoms with Crippen LogP contribution >= 0.6 is 0 Å². The van der Waals surface area contributed by atoms with Crippen molar-refractivity contribution in [1.82, 2.24) is 10.1 Å². The second kappa shape index (κ2) is 7.21. The highest BCUT2D eigenvalue weighted by Gasteiger charge is 2.27. The van der Waals surface area contributed by atoms with Gasteiger partial charge in [-0.3, -0.25) is 0 Å². The van der Waals surface area contributed by atoms with E-state index in [9.17, 15) is 0 Å². The van der Waals surface area contributed by atoms with Crippen LogP contribution in [-0.4, -0.2) is 16.2 Å². The van der Waals surface area contributed by atoms with Gasteiger partial charge in [0.1, 0.15) is 0 Å². The maximum absolute atomic E-state index is 5.99. The molecule has 1 aliphatic carbocycles. The Balaban J connectivity index is 1.96. The molecule has 2 unspecified atom stereocenters. The van der Waals surface area contributed by atoms with E-state index in [1.165, 1.54) is 38.5 Å². The van der Waals surface area contributed by atoms with E-state index in [4.69, 9.17) is 10.3 Å². The molecule has 0 radical (unpaired) electrons.